The molecule has 3 heteroatoms. The normalized spacial score (nSPS) is 38.3. The lowest BCUT2D eigenvalue weighted by molar-refractivity contribution is 0.456. The van der Waals surface area contributed by atoms with Gasteiger partial charge in [0.1, 0.15) is 11.8 Å². The standard InChI is InChI=1S/C16H21N3/c1-9-12(6-13(7-17)19(9)2)8-18-16-14-10-3-4-11(5-10)15(14)16/h6,10-11,14-16,18H,3-5,8H2,1-2H3. The molecule has 3 fully saturated rings. The van der Waals surface area contributed by atoms with Crippen LogP contribution in [0.5, 0.6) is 0 Å². The molecule has 100 valence electrons. The van der Waals surface area contributed by atoms with Crippen LogP contribution in [-0.2, 0) is 13.6 Å². The van der Waals surface area contributed by atoms with Gasteiger partial charge in [-0.3, -0.25) is 0 Å². The summed E-state index contributed by atoms with van der Waals surface area (Å²) < 4.78 is 1.99. The highest BCUT2D eigenvalue weighted by Gasteiger charge is 2.64. The molecule has 2 bridgehead atoms. The van der Waals surface area contributed by atoms with Crippen LogP contribution in [0.4, 0.5) is 0 Å². The first-order valence-corrected chi connectivity index (χ1v) is 7.49. The van der Waals surface area contributed by atoms with Crippen molar-refractivity contribution >= 4 is 0 Å². The smallest absolute Gasteiger partial charge is 0.120 e. The van der Waals surface area contributed by atoms with Crippen LogP contribution < -0.4 is 5.32 Å². The van der Waals surface area contributed by atoms with Crippen LogP contribution in [0.25, 0.3) is 0 Å². The zero-order chi connectivity index (χ0) is 13.1. The van der Waals surface area contributed by atoms with Crippen molar-refractivity contribution in [1.29, 1.82) is 5.26 Å². The van der Waals surface area contributed by atoms with Gasteiger partial charge < -0.3 is 9.88 Å². The highest BCUT2D eigenvalue weighted by Crippen LogP contribution is 2.65. The van der Waals surface area contributed by atoms with Crippen molar-refractivity contribution in [3.8, 4) is 6.07 Å². The topological polar surface area (TPSA) is 40.8 Å². The first kappa shape index (κ1) is 11.5. The van der Waals surface area contributed by atoms with E-state index in [2.05, 4.69) is 18.3 Å². The summed E-state index contributed by atoms with van der Waals surface area (Å²) in [6, 6.07) is 5.07. The Kier molecular flexibility index (Phi) is 2.35. The number of aromatic nitrogens is 1. The summed E-state index contributed by atoms with van der Waals surface area (Å²) in [4.78, 5) is 0. The minimum absolute atomic E-state index is 0.769. The van der Waals surface area contributed by atoms with E-state index < -0.39 is 0 Å². The molecular formula is C16H21N3. The Morgan fingerprint density at radius 3 is 2.63 bits per heavy atom. The van der Waals surface area contributed by atoms with Crippen molar-refractivity contribution in [3.05, 3.63) is 23.0 Å². The summed E-state index contributed by atoms with van der Waals surface area (Å²) in [5.74, 6) is 4.02. The van der Waals surface area contributed by atoms with Gasteiger partial charge in [-0.15, -0.1) is 0 Å². The average Bonchev–Trinajstić information content (AvgIpc) is 2.74. The fourth-order valence-electron chi connectivity index (χ4n) is 4.87. The molecule has 0 aliphatic heterocycles. The van der Waals surface area contributed by atoms with Gasteiger partial charge in [-0.2, -0.15) is 5.26 Å². The van der Waals surface area contributed by atoms with Crippen LogP contribution in [0.15, 0.2) is 6.07 Å². The minimum atomic E-state index is 0.769. The maximum Gasteiger partial charge on any atom is 0.120 e. The van der Waals surface area contributed by atoms with Crippen molar-refractivity contribution in [3.63, 3.8) is 0 Å². The van der Waals surface area contributed by atoms with Crippen molar-refractivity contribution in [2.75, 3.05) is 0 Å². The van der Waals surface area contributed by atoms with E-state index in [1.807, 2.05) is 17.7 Å². The summed E-state index contributed by atoms with van der Waals surface area (Å²) in [7, 11) is 1.98. The van der Waals surface area contributed by atoms with Gasteiger partial charge in [-0.1, -0.05) is 0 Å². The molecule has 3 saturated carbocycles. The van der Waals surface area contributed by atoms with Gasteiger partial charge in [0.2, 0.25) is 0 Å². The third-order valence-corrected chi connectivity index (χ3v) is 6.02. The van der Waals surface area contributed by atoms with Gasteiger partial charge in [0.15, 0.2) is 0 Å². The average molecular weight is 255 g/mol. The van der Waals surface area contributed by atoms with Crippen molar-refractivity contribution in [1.82, 2.24) is 9.88 Å². The molecule has 4 atom stereocenters. The molecule has 0 spiro atoms. The van der Waals surface area contributed by atoms with Gasteiger partial charge in [0, 0.05) is 25.3 Å². The second-order valence-electron chi connectivity index (χ2n) is 6.71. The fraction of sp³-hybridized carbons (Fsp3) is 0.688. The van der Waals surface area contributed by atoms with Crippen LogP contribution in [0.2, 0.25) is 0 Å². The van der Waals surface area contributed by atoms with Gasteiger partial charge in [0.05, 0.1) is 0 Å². The largest absolute Gasteiger partial charge is 0.340 e. The Hall–Kier alpha value is -1.27. The summed E-state index contributed by atoms with van der Waals surface area (Å²) in [5, 5.41) is 12.8. The lowest BCUT2D eigenvalue weighted by Gasteiger charge is -2.10. The van der Waals surface area contributed by atoms with E-state index in [9.17, 15) is 0 Å². The summed E-state index contributed by atoms with van der Waals surface area (Å²) in [6.07, 6.45) is 4.47. The van der Waals surface area contributed by atoms with Gasteiger partial charge in [-0.25, -0.2) is 0 Å². The zero-order valence-electron chi connectivity index (χ0n) is 11.7. The molecule has 19 heavy (non-hydrogen) atoms. The third kappa shape index (κ3) is 1.53. The SMILES string of the molecule is Cc1c(CNC2C3C4CCC(C4)C23)cc(C#N)n1C. The molecule has 3 nitrogen and oxygen atoms in total. The molecule has 3 aliphatic rings. The van der Waals surface area contributed by atoms with Crippen molar-refractivity contribution < 1.29 is 0 Å². The van der Waals surface area contributed by atoms with Crippen molar-refractivity contribution in [2.45, 2.75) is 38.8 Å². The Bertz CT molecular complexity index is 549. The molecule has 0 amide bonds. The maximum absolute atomic E-state index is 9.06. The quantitative estimate of drug-likeness (QED) is 0.900. The number of nitrogens with one attached hydrogen (secondary N) is 1. The number of nitrogens with zero attached hydrogens (tertiary/aromatic N) is 2. The maximum atomic E-state index is 9.06. The van der Waals surface area contributed by atoms with E-state index in [4.69, 9.17) is 5.26 Å². The first-order chi connectivity index (χ1) is 9.20. The molecule has 4 unspecified atom stereocenters. The van der Waals surface area contributed by atoms with Crippen LogP contribution in [0.1, 0.15) is 36.2 Å². The molecular weight excluding hydrogens is 234 g/mol. The number of rotatable bonds is 3. The molecule has 1 heterocycles. The van der Waals surface area contributed by atoms with E-state index in [0.717, 1.165) is 42.0 Å². The monoisotopic (exact) mass is 255 g/mol. The second-order valence-corrected chi connectivity index (χ2v) is 6.71. The minimum Gasteiger partial charge on any atom is -0.340 e. The van der Waals surface area contributed by atoms with Gasteiger partial charge >= 0.3 is 0 Å². The Morgan fingerprint density at radius 2 is 2.05 bits per heavy atom. The van der Waals surface area contributed by atoms with Crippen LogP contribution in [-0.4, -0.2) is 10.6 Å². The number of hydrogen-bond donors (Lipinski definition) is 1. The highest BCUT2D eigenvalue weighted by atomic mass is 15.0. The molecule has 4 rings (SSSR count). The van der Waals surface area contributed by atoms with E-state index in [-0.39, 0.29) is 0 Å². The molecule has 1 aromatic heterocycles. The summed E-state index contributed by atoms with van der Waals surface area (Å²) >= 11 is 0. The molecule has 0 aromatic carbocycles. The third-order valence-electron chi connectivity index (χ3n) is 6.02. The van der Waals surface area contributed by atoms with E-state index in [1.165, 1.54) is 30.5 Å². The predicted octanol–water partition coefficient (Wildman–Crippen LogP) is 2.34. The summed E-state index contributed by atoms with van der Waals surface area (Å²) in [5.41, 5.74) is 3.28. The molecule has 0 saturated heterocycles. The van der Waals surface area contributed by atoms with Crippen molar-refractivity contribution in [2.24, 2.45) is 30.7 Å². The lowest BCUT2D eigenvalue weighted by atomic mass is 10.0. The Morgan fingerprint density at radius 1 is 1.37 bits per heavy atom. The van der Waals surface area contributed by atoms with Crippen LogP contribution in [0.3, 0.4) is 0 Å². The predicted molar refractivity (Wildman–Crippen MR) is 73.3 cm³/mol. The molecule has 0 radical (unpaired) electrons. The summed E-state index contributed by atoms with van der Waals surface area (Å²) in [6.45, 7) is 3.04. The second kappa shape index (κ2) is 3.86. The van der Waals surface area contributed by atoms with Gasteiger partial charge in [-0.05, 0) is 61.5 Å². The van der Waals surface area contributed by atoms with E-state index in [0.29, 0.717) is 0 Å². The van der Waals surface area contributed by atoms with E-state index >= 15 is 0 Å². The number of fused-ring (bicyclic) bond motifs is 5. The number of nitriles is 1. The molecule has 1 N–H and O–H groups in total. The Balaban J connectivity index is 1.43. The molecule has 3 aliphatic carbocycles. The lowest BCUT2D eigenvalue weighted by Crippen LogP contribution is -2.22. The number of hydrogen-bond acceptors (Lipinski definition) is 2. The Labute approximate surface area is 114 Å². The fourth-order valence-corrected chi connectivity index (χ4v) is 4.87. The zero-order valence-corrected chi connectivity index (χ0v) is 11.7. The van der Waals surface area contributed by atoms with Crippen LogP contribution in [0, 0.1) is 41.9 Å². The highest BCUT2D eigenvalue weighted by molar-refractivity contribution is 5.34. The first-order valence-electron chi connectivity index (χ1n) is 7.49. The van der Waals surface area contributed by atoms with Crippen LogP contribution >= 0.6 is 0 Å². The van der Waals surface area contributed by atoms with Gasteiger partial charge in [0.25, 0.3) is 0 Å². The molecule has 1 aromatic rings. The van der Waals surface area contributed by atoms with E-state index in [1.54, 1.807) is 0 Å².